The molecule has 0 radical (unpaired) electrons. The summed E-state index contributed by atoms with van der Waals surface area (Å²) in [6, 6.07) is -0.184. The van der Waals surface area contributed by atoms with Gasteiger partial charge in [-0.2, -0.15) is 9.59 Å². The van der Waals surface area contributed by atoms with E-state index in [4.69, 9.17) is 4.74 Å². The third-order valence-electron chi connectivity index (χ3n) is 7.22. The van der Waals surface area contributed by atoms with E-state index in [1.165, 1.54) is 38.5 Å². The Morgan fingerprint density at radius 1 is 1.13 bits per heavy atom. The largest absolute Gasteiger partial charge is 0.526 e. The number of hydrogen-bond donors (Lipinski definition) is 1. The maximum absolute atomic E-state index is 12.7. The fraction of sp³-hybridized carbons (Fsp3) is 0.889. The van der Waals surface area contributed by atoms with Gasteiger partial charge in [0.15, 0.2) is 0 Å². The molecule has 1 unspecified atom stereocenters. The van der Waals surface area contributed by atoms with Crippen LogP contribution in [0.3, 0.4) is 0 Å². The van der Waals surface area contributed by atoms with Gasteiger partial charge in [0, 0.05) is 18.3 Å². The van der Waals surface area contributed by atoms with Gasteiger partial charge in [0.25, 0.3) is 0 Å². The van der Waals surface area contributed by atoms with E-state index in [0.29, 0.717) is 13.2 Å². The van der Waals surface area contributed by atoms with E-state index in [9.17, 15) is 14.7 Å². The highest BCUT2D eigenvalue weighted by Crippen LogP contribution is 2.60. The molecule has 1 N–H and O–H groups in total. The Morgan fingerprint density at radius 3 is 2.13 bits per heavy atom. The van der Waals surface area contributed by atoms with Gasteiger partial charge in [-0.1, -0.05) is 0 Å². The number of quaternary nitrogens is 1. The first-order valence-corrected chi connectivity index (χ1v) is 9.22. The predicted molar refractivity (Wildman–Crippen MR) is 83.8 cm³/mol. The van der Waals surface area contributed by atoms with Crippen LogP contribution in [-0.4, -0.2) is 41.0 Å². The fourth-order valence-corrected chi connectivity index (χ4v) is 6.51. The normalized spacial score (nSPS) is 47.7. The second kappa shape index (κ2) is 5.20. The van der Waals surface area contributed by atoms with Crippen molar-refractivity contribution in [1.82, 2.24) is 0 Å². The number of likely N-dealkylation sites (tertiary alicyclic amines) is 1. The molecule has 1 aliphatic heterocycles. The van der Waals surface area contributed by atoms with Gasteiger partial charge in [-0.3, -0.25) is 0 Å². The third-order valence-corrected chi connectivity index (χ3v) is 7.22. The molecule has 4 saturated carbocycles. The van der Waals surface area contributed by atoms with Crippen LogP contribution >= 0.6 is 0 Å². The highest BCUT2D eigenvalue weighted by atomic mass is 16.6. The van der Waals surface area contributed by atoms with E-state index >= 15 is 0 Å². The first-order chi connectivity index (χ1) is 10.9. The molecule has 1 heterocycles. The molecule has 1 saturated heterocycles. The summed E-state index contributed by atoms with van der Waals surface area (Å²) in [5.41, 5.74) is 0.149. The number of rotatable bonds is 2. The molecule has 4 bridgehead atoms. The van der Waals surface area contributed by atoms with Crippen LogP contribution in [0.25, 0.3) is 0 Å². The van der Waals surface area contributed by atoms with Crippen molar-refractivity contribution in [2.24, 2.45) is 23.2 Å². The van der Waals surface area contributed by atoms with Crippen LogP contribution in [-0.2, 0) is 4.74 Å². The van der Waals surface area contributed by atoms with Gasteiger partial charge in [0.2, 0.25) is 0 Å². The topological polar surface area (TPSA) is 63.6 Å². The van der Waals surface area contributed by atoms with E-state index in [1.54, 1.807) is 0 Å². The van der Waals surface area contributed by atoms with Crippen LogP contribution in [0.15, 0.2) is 0 Å². The van der Waals surface area contributed by atoms with Crippen molar-refractivity contribution in [3.05, 3.63) is 0 Å². The van der Waals surface area contributed by atoms with Crippen LogP contribution in [0.5, 0.6) is 0 Å². The summed E-state index contributed by atoms with van der Waals surface area (Å²) >= 11 is 0. The quantitative estimate of drug-likeness (QED) is 0.780. The van der Waals surface area contributed by atoms with Crippen LogP contribution in [0.1, 0.15) is 58.3 Å². The Morgan fingerprint density at radius 2 is 1.70 bits per heavy atom. The molecular weight excluding hydrogens is 294 g/mol. The number of amides is 2. The van der Waals surface area contributed by atoms with Gasteiger partial charge in [0.05, 0.1) is 0 Å². The lowest BCUT2D eigenvalue weighted by Gasteiger charge is -2.56. The van der Waals surface area contributed by atoms with E-state index in [0.717, 1.165) is 30.6 Å². The molecule has 5 aliphatic rings. The summed E-state index contributed by atoms with van der Waals surface area (Å²) < 4.78 is 5.18. The first kappa shape index (κ1) is 15.4. The molecule has 0 aromatic carbocycles. The fourth-order valence-electron chi connectivity index (χ4n) is 6.51. The summed E-state index contributed by atoms with van der Waals surface area (Å²) in [4.78, 5) is 24.5. The molecule has 5 nitrogen and oxygen atoms in total. The SMILES string of the molecule is C[C@@H]1CCC[N+]1(C(=O)O)C(=O)OCC12CC3CC(CC(C3)C1)C2. The molecule has 2 atom stereocenters. The first-order valence-electron chi connectivity index (χ1n) is 9.22. The average molecular weight is 322 g/mol. The average Bonchev–Trinajstić information content (AvgIpc) is 2.86. The molecule has 23 heavy (non-hydrogen) atoms. The third kappa shape index (κ3) is 2.31. The molecule has 5 fully saturated rings. The smallest absolute Gasteiger partial charge is 0.435 e. The van der Waals surface area contributed by atoms with E-state index in [1.807, 2.05) is 6.92 Å². The molecule has 0 spiro atoms. The molecule has 128 valence electrons. The van der Waals surface area contributed by atoms with Crippen molar-refractivity contribution in [3.8, 4) is 0 Å². The van der Waals surface area contributed by atoms with Gasteiger partial charge < -0.3 is 9.84 Å². The molecule has 5 rings (SSSR count). The zero-order valence-electron chi connectivity index (χ0n) is 14.0. The lowest BCUT2D eigenvalue weighted by molar-refractivity contribution is -0.795. The highest BCUT2D eigenvalue weighted by Gasteiger charge is 2.56. The van der Waals surface area contributed by atoms with E-state index < -0.39 is 16.7 Å². The van der Waals surface area contributed by atoms with Crippen molar-refractivity contribution in [2.45, 2.75) is 64.3 Å². The van der Waals surface area contributed by atoms with Gasteiger partial charge in [-0.15, -0.1) is 4.48 Å². The summed E-state index contributed by atoms with van der Waals surface area (Å²) in [5, 5.41) is 9.64. The minimum atomic E-state index is -1.05. The second-order valence-corrected chi connectivity index (χ2v) is 8.84. The Hall–Kier alpha value is -1.10. The van der Waals surface area contributed by atoms with E-state index in [-0.39, 0.29) is 11.5 Å². The van der Waals surface area contributed by atoms with Crippen LogP contribution in [0, 0.1) is 23.2 Å². The van der Waals surface area contributed by atoms with Gasteiger partial charge in [0.1, 0.15) is 19.2 Å². The molecule has 2 amide bonds. The van der Waals surface area contributed by atoms with E-state index in [2.05, 4.69) is 0 Å². The summed E-state index contributed by atoms with van der Waals surface area (Å²) in [5.74, 6) is 2.44. The number of imide groups is 1. The minimum absolute atomic E-state index is 0.149. The van der Waals surface area contributed by atoms with Gasteiger partial charge >= 0.3 is 12.2 Å². The molecule has 0 aromatic heterocycles. The number of ether oxygens (including phenoxy) is 1. The Balaban J connectivity index is 1.46. The zero-order valence-corrected chi connectivity index (χ0v) is 14.0. The maximum atomic E-state index is 12.7. The van der Waals surface area contributed by atoms with Crippen LogP contribution in [0.4, 0.5) is 9.59 Å². The summed E-state index contributed by atoms with van der Waals surface area (Å²) in [6.45, 7) is 2.67. The van der Waals surface area contributed by atoms with Crippen molar-refractivity contribution < 1.29 is 23.9 Å². The maximum Gasteiger partial charge on any atom is 0.526 e. The molecule has 4 aliphatic carbocycles. The Bertz CT molecular complexity index is 496. The minimum Gasteiger partial charge on any atom is -0.435 e. The lowest BCUT2D eigenvalue weighted by atomic mass is 9.50. The molecule has 5 heteroatoms. The summed E-state index contributed by atoms with van der Waals surface area (Å²) in [7, 11) is 0. The number of hydrogen-bond acceptors (Lipinski definition) is 3. The summed E-state index contributed by atoms with van der Waals surface area (Å²) in [6.07, 6.45) is 7.58. The highest BCUT2D eigenvalue weighted by molar-refractivity contribution is 5.75. The number of carbonyl (C=O) groups is 2. The second-order valence-electron chi connectivity index (χ2n) is 8.84. The zero-order chi connectivity index (χ0) is 16.2. The van der Waals surface area contributed by atoms with Crippen LogP contribution in [0.2, 0.25) is 0 Å². The van der Waals surface area contributed by atoms with Crippen molar-refractivity contribution >= 4 is 12.2 Å². The number of carbonyl (C=O) groups excluding carboxylic acids is 1. The van der Waals surface area contributed by atoms with Crippen molar-refractivity contribution in [1.29, 1.82) is 0 Å². The monoisotopic (exact) mass is 322 g/mol. The molecule has 0 aromatic rings. The number of carboxylic acid groups (broad SMARTS) is 1. The van der Waals surface area contributed by atoms with Crippen LogP contribution < -0.4 is 0 Å². The Labute approximate surface area is 137 Å². The predicted octanol–water partition coefficient (Wildman–Crippen LogP) is 4.02. The Kier molecular flexibility index (Phi) is 3.49. The standard InChI is InChI=1S/C18H27NO4/c1-12-3-2-4-19(12,16(20)21)17(22)23-11-18-8-13-5-14(9-18)7-15(6-13)10-18/h12-15H,2-11H2,1H3/p+1/t12-,13?,14?,15?,18?,19?/m1/s1. The van der Waals surface area contributed by atoms with Gasteiger partial charge in [-0.25, -0.2) is 0 Å². The molecular formula is C18H28NO4+. The van der Waals surface area contributed by atoms with Gasteiger partial charge in [-0.05, 0) is 63.2 Å². The number of nitrogens with zero attached hydrogens (tertiary/aromatic N) is 1. The van der Waals surface area contributed by atoms with Crippen molar-refractivity contribution in [3.63, 3.8) is 0 Å². The lowest BCUT2D eigenvalue weighted by Crippen LogP contribution is -2.59. The van der Waals surface area contributed by atoms with Crippen molar-refractivity contribution in [2.75, 3.05) is 13.2 Å².